The SMILES string of the molecule is O=S(=O)(NCCCOCc1ccccc1)c1cccc(F)c1. The number of ether oxygens (including phenoxy) is 1. The third-order valence-electron chi connectivity index (χ3n) is 2.98. The van der Waals surface area contributed by atoms with Crippen LogP contribution in [0.3, 0.4) is 0 Å². The highest BCUT2D eigenvalue weighted by Gasteiger charge is 2.13. The zero-order valence-electron chi connectivity index (χ0n) is 12.0. The minimum atomic E-state index is -3.67. The molecular weight excluding hydrogens is 305 g/mol. The van der Waals surface area contributed by atoms with Gasteiger partial charge in [0, 0.05) is 13.2 Å². The van der Waals surface area contributed by atoms with Gasteiger partial charge >= 0.3 is 0 Å². The largest absolute Gasteiger partial charge is 0.377 e. The average Bonchev–Trinajstić information content (AvgIpc) is 2.52. The fourth-order valence-electron chi connectivity index (χ4n) is 1.86. The summed E-state index contributed by atoms with van der Waals surface area (Å²) in [7, 11) is -3.67. The van der Waals surface area contributed by atoms with Gasteiger partial charge in [-0.05, 0) is 30.2 Å². The Bertz CT molecular complexity index is 690. The highest BCUT2D eigenvalue weighted by molar-refractivity contribution is 7.89. The van der Waals surface area contributed by atoms with Gasteiger partial charge in [-0.1, -0.05) is 36.4 Å². The Morgan fingerprint density at radius 3 is 2.55 bits per heavy atom. The lowest BCUT2D eigenvalue weighted by Crippen LogP contribution is -2.25. The van der Waals surface area contributed by atoms with Gasteiger partial charge in [-0.3, -0.25) is 0 Å². The van der Waals surface area contributed by atoms with Crippen molar-refractivity contribution in [3.05, 3.63) is 66.0 Å². The molecule has 0 saturated carbocycles. The summed E-state index contributed by atoms with van der Waals surface area (Å²) in [5, 5.41) is 0. The predicted octanol–water partition coefficient (Wildman–Crippen LogP) is 2.71. The fourth-order valence-corrected chi connectivity index (χ4v) is 2.97. The number of hydrogen-bond donors (Lipinski definition) is 1. The maximum absolute atomic E-state index is 13.0. The van der Waals surface area contributed by atoms with Gasteiger partial charge in [-0.25, -0.2) is 17.5 Å². The number of halogens is 1. The highest BCUT2D eigenvalue weighted by atomic mass is 32.2. The molecule has 0 bridgehead atoms. The molecule has 0 aliphatic heterocycles. The molecule has 0 spiro atoms. The lowest BCUT2D eigenvalue weighted by Gasteiger charge is -2.07. The summed E-state index contributed by atoms with van der Waals surface area (Å²) in [6, 6.07) is 14.7. The van der Waals surface area contributed by atoms with Crippen LogP contribution in [0.15, 0.2) is 59.5 Å². The first-order chi connectivity index (χ1) is 10.6. The van der Waals surface area contributed by atoms with E-state index in [0.717, 1.165) is 11.6 Å². The van der Waals surface area contributed by atoms with Gasteiger partial charge in [0.05, 0.1) is 11.5 Å². The van der Waals surface area contributed by atoms with Gasteiger partial charge in [0.15, 0.2) is 0 Å². The molecule has 4 nitrogen and oxygen atoms in total. The van der Waals surface area contributed by atoms with Crippen LogP contribution in [-0.4, -0.2) is 21.6 Å². The van der Waals surface area contributed by atoms with Crippen LogP contribution >= 0.6 is 0 Å². The van der Waals surface area contributed by atoms with E-state index in [-0.39, 0.29) is 11.4 Å². The van der Waals surface area contributed by atoms with Gasteiger partial charge in [0.25, 0.3) is 0 Å². The van der Waals surface area contributed by atoms with Crippen molar-refractivity contribution in [2.24, 2.45) is 0 Å². The Morgan fingerprint density at radius 1 is 1.05 bits per heavy atom. The number of nitrogens with one attached hydrogen (secondary N) is 1. The maximum Gasteiger partial charge on any atom is 0.240 e. The van der Waals surface area contributed by atoms with E-state index in [1.54, 1.807) is 0 Å². The van der Waals surface area contributed by atoms with E-state index >= 15 is 0 Å². The minimum Gasteiger partial charge on any atom is -0.377 e. The number of sulfonamides is 1. The van der Waals surface area contributed by atoms with Crippen molar-refractivity contribution in [3.63, 3.8) is 0 Å². The maximum atomic E-state index is 13.0. The first-order valence-corrected chi connectivity index (χ1v) is 8.43. The van der Waals surface area contributed by atoms with Crippen LogP contribution in [0, 0.1) is 5.82 Å². The van der Waals surface area contributed by atoms with Crippen LogP contribution in [0.1, 0.15) is 12.0 Å². The monoisotopic (exact) mass is 323 g/mol. The normalized spacial score (nSPS) is 11.5. The molecular formula is C16H18FNO3S. The summed E-state index contributed by atoms with van der Waals surface area (Å²) in [5.74, 6) is -0.575. The lowest BCUT2D eigenvalue weighted by atomic mass is 10.2. The topological polar surface area (TPSA) is 55.4 Å². The molecule has 0 saturated heterocycles. The van der Waals surface area contributed by atoms with Crippen LogP contribution in [0.2, 0.25) is 0 Å². The molecule has 0 aliphatic rings. The first kappa shape index (κ1) is 16.6. The molecule has 0 radical (unpaired) electrons. The Kier molecular flexibility index (Phi) is 6.06. The predicted molar refractivity (Wildman–Crippen MR) is 82.3 cm³/mol. The van der Waals surface area contributed by atoms with Gasteiger partial charge in [0.2, 0.25) is 10.0 Å². The summed E-state index contributed by atoms with van der Waals surface area (Å²) < 4.78 is 44.8. The van der Waals surface area contributed by atoms with Gasteiger partial charge in [-0.2, -0.15) is 0 Å². The van der Waals surface area contributed by atoms with E-state index in [1.165, 1.54) is 18.2 Å². The van der Waals surface area contributed by atoms with Crippen LogP contribution in [0.4, 0.5) is 4.39 Å². The molecule has 0 atom stereocenters. The smallest absolute Gasteiger partial charge is 0.240 e. The van der Waals surface area contributed by atoms with E-state index in [9.17, 15) is 12.8 Å². The first-order valence-electron chi connectivity index (χ1n) is 6.95. The van der Waals surface area contributed by atoms with Gasteiger partial charge in [-0.15, -0.1) is 0 Å². The second-order valence-corrected chi connectivity index (χ2v) is 6.51. The molecule has 1 N–H and O–H groups in total. The Hall–Kier alpha value is -1.76. The molecule has 0 unspecified atom stereocenters. The van der Waals surface area contributed by atoms with Crippen LogP contribution in [-0.2, 0) is 21.4 Å². The molecule has 118 valence electrons. The van der Waals surface area contributed by atoms with Crippen molar-refractivity contribution in [2.45, 2.75) is 17.9 Å². The van der Waals surface area contributed by atoms with Crippen molar-refractivity contribution in [1.82, 2.24) is 4.72 Å². The second kappa shape index (κ2) is 8.03. The van der Waals surface area contributed by atoms with Gasteiger partial charge in [0.1, 0.15) is 5.82 Å². The molecule has 0 aromatic heterocycles. The van der Waals surface area contributed by atoms with Crippen molar-refractivity contribution in [2.75, 3.05) is 13.2 Å². The lowest BCUT2D eigenvalue weighted by molar-refractivity contribution is 0.119. The summed E-state index contributed by atoms with van der Waals surface area (Å²) in [6.45, 7) is 1.19. The third kappa shape index (κ3) is 5.22. The molecule has 2 aromatic rings. The Morgan fingerprint density at radius 2 is 1.82 bits per heavy atom. The van der Waals surface area contributed by atoms with E-state index in [4.69, 9.17) is 4.74 Å². The molecule has 6 heteroatoms. The second-order valence-electron chi connectivity index (χ2n) is 4.75. The molecule has 0 fully saturated rings. The zero-order chi connectivity index (χ0) is 15.8. The van der Waals surface area contributed by atoms with E-state index in [2.05, 4.69) is 4.72 Å². The Balaban J connectivity index is 1.70. The average molecular weight is 323 g/mol. The van der Waals surface area contributed by atoms with E-state index < -0.39 is 15.8 Å². The quantitative estimate of drug-likeness (QED) is 0.760. The number of benzene rings is 2. The summed E-state index contributed by atoms with van der Waals surface area (Å²) in [4.78, 5) is -0.0716. The van der Waals surface area contributed by atoms with Gasteiger partial charge < -0.3 is 4.74 Å². The van der Waals surface area contributed by atoms with Crippen LogP contribution in [0.5, 0.6) is 0 Å². The molecule has 2 rings (SSSR count). The van der Waals surface area contributed by atoms with Crippen molar-refractivity contribution < 1.29 is 17.5 Å². The molecule has 0 aliphatic carbocycles. The van der Waals surface area contributed by atoms with E-state index in [0.29, 0.717) is 19.6 Å². The fraction of sp³-hybridized carbons (Fsp3) is 0.250. The van der Waals surface area contributed by atoms with Crippen LogP contribution < -0.4 is 4.72 Å². The number of rotatable bonds is 8. The summed E-state index contributed by atoms with van der Waals surface area (Å²) >= 11 is 0. The molecule has 0 amide bonds. The number of hydrogen-bond acceptors (Lipinski definition) is 3. The van der Waals surface area contributed by atoms with E-state index in [1.807, 2.05) is 30.3 Å². The highest BCUT2D eigenvalue weighted by Crippen LogP contribution is 2.10. The summed E-state index contributed by atoms with van der Waals surface area (Å²) in [5.41, 5.74) is 1.07. The Labute approximate surface area is 130 Å². The molecule has 2 aromatic carbocycles. The van der Waals surface area contributed by atoms with Crippen molar-refractivity contribution in [1.29, 1.82) is 0 Å². The minimum absolute atomic E-state index is 0.0716. The van der Waals surface area contributed by atoms with Crippen LogP contribution in [0.25, 0.3) is 0 Å². The van der Waals surface area contributed by atoms with Crippen molar-refractivity contribution >= 4 is 10.0 Å². The zero-order valence-corrected chi connectivity index (χ0v) is 12.9. The van der Waals surface area contributed by atoms with Crippen molar-refractivity contribution in [3.8, 4) is 0 Å². The molecule has 0 heterocycles. The summed E-state index contributed by atoms with van der Waals surface area (Å²) in [6.07, 6.45) is 0.543. The molecule has 22 heavy (non-hydrogen) atoms. The standard InChI is InChI=1S/C16H18FNO3S/c17-15-8-4-9-16(12-15)22(19,20)18-10-5-11-21-13-14-6-2-1-3-7-14/h1-4,6-9,12,18H,5,10-11,13H2. The third-order valence-corrected chi connectivity index (χ3v) is 4.43.